The maximum absolute atomic E-state index is 13.5. The summed E-state index contributed by atoms with van der Waals surface area (Å²) in [5.41, 5.74) is 0.215. The van der Waals surface area contributed by atoms with Gasteiger partial charge < -0.3 is 9.47 Å². The lowest BCUT2D eigenvalue weighted by atomic mass is 10.1. The molecule has 0 aliphatic carbocycles. The number of carbonyl (C=O) groups excluding carboxylic acids is 2. The van der Waals surface area contributed by atoms with E-state index in [2.05, 4.69) is 0 Å². The molecule has 25 heavy (non-hydrogen) atoms. The van der Waals surface area contributed by atoms with Crippen LogP contribution in [0, 0.1) is 11.6 Å². The number of benzene rings is 2. The summed E-state index contributed by atoms with van der Waals surface area (Å²) < 4.78 is 37.0. The van der Waals surface area contributed by atoms with Gasteiger partial charge in [0.05, 0.1) is 18.1 Å². The van der Waals surface area contributed by atoms with Gasteiger partial charge in [0.1, 0.15) is 17.4 Å². The van der Waals surface area contributed by atoms with Crippen LogP contribution in [0.3, 0.4) is 0 Å². The van der Waals surface area contributed by atoms with Crippen molar-refractivity contribution in [3.8, 4) is 5.75 Å². The minimum atomic E-state index is -0.860. The van der Waals surface area contributed by atoms with Crippen molar-refractivity contribution in [3.63, 3.8) is 0 Å². The molecule has 0 amide bonds. The van der Waals surface area contributed by atoms with E-state index in [1.165, 1.54) is 0 Å². The fraction of sp³-hybridized carbons (Fsp3) is 0.263. The van der Waals surface area contributed by atoms with Crippen molar-refractivity contribution in [1.82, 2.24) is 0 Å². The first kappa shape index (κ1) is 18.6. The minimum Gasteiger partial charge on any atom is -0.491 e. The van der Waals surface area contributed by atoms with Gasteiger partial charge in [-0.05, 0) is 49.7 Å². The predicted molar refractivity (Wildman–Crippen MR) is 87.6 cm³/mol. The second-order valence-electron chi connectivity index (χ2n) is 5.70. The Balaban J connectivity index is 1.92. The molecule has 2 aromatic rings. The summed E-state index contributed by atoms with van der Waals surface area (Å²) in [6.45, 7) is 3.12. The Morgan fingerprint density at radius 1 is 1.08 bits per heavy atom. The first-order valence-corrected chi connectivity index (χ1v) is 7.74. The van der Waals surface area contributed by atoms with E-state index in [9.17, 15) is 18.4 Å². The van der Waals surface area contributed by atoms with Crippen LogP contribution >= 0.6 is 0 Å². The molecule has 0 fully saturated rings. The molecule has 0 unspecified atom stereocenters. The Morgan fingerprint density at radius 3 is 2.56 bits per heavy atom. The van der Waals surface area contributed by atoms with Crippen molar-refractivity contribution in [2.45, 2.75) is 26.4 Å². The van der Waals surface area contributed by atoms with Crippen LogP contribution in [-0.4, -0.2) is 24.5 Å². The fourth-order valence-corrected chi connectivity index (χ4v) is 2.15. The van der Waals surface area contributed by atoms with Gasteiger partial charge in [0.15, 0.2) is 6.61 Å². The number of hydrogen-bond donors (Lipinski definition) is 0. The zero-order valence-electron chi connectivity index (χ0n) is 13.9. The summed E-state index contributed by atoms with van der Waals surface area (Å²) >= 11 is 0. The molecule has 0 heterocycles. The molecule has 0 saturated heterocycles. The molecule has 0 aliphatic heterocycles. The van der Waals surface area contributed by atoms with E-state index in [1.54, 1.807) is 24.3 Å². The van der Waals surface area contributed by atoms with Gasteiger partial charge in [-0.25, -0.2) is 8.78 Å². The Bertz CT molecular complexity index is 772. The van der Waals surface area contributed by atoms with Crippen molar-refractivity contribution in [1.29, 1.82) is 0 Å². The number of hydrogen-bond acceptors (Lipinski definition) is 4. The minimum absolute atomic E-state index is 0.000914. The molecular formula is C19H18F2O4. The van der Waals surface area contributed by atoms with E-state index in [4.69, 9.17) is 9.47 Å². The average Bonchev–Trinajstić information content (AvgIpc) is 2.54. The highest BCUT2D eigenvalue weighted by Gasteiger charge is 2.15. The van der Waals surface area contributed by atoms with Crippen LogP contribution in [0.25, 0.3) is 0 Å². The van der Waals surface area contributed by atoms with Crippen LogP contribution in [0.2, 0.25) is 0 Å². The third-order valence-electron chi connectivity index (χ3n) is 3.21. The third kappa shape index (κ3) is 5.67. The summed E-state index contributed by atoms with van der Waals surface area (Å²) in [4.78, 5) is 23.7. The summed E-state index contributed by atoms with van der Waals surface area (Å²) in [6.07, 6.45) is -0.0604. The molecule has 2 aromatic carbocycles. The lowest BCUT2D eigenvalue weighted by Crippen LogP contribution is -2.17. The highest BCUT2D eigenvalue weighted by molar-refractivity contribution is 5.98. The van der Waals surface area contributed by atoms with E-state index in [1.807, 2.05) is 13.8 Å². The summed E-state index contributed by atoms with van der Waals surface area (Å²) in [7, 11) is 0. The van der Waals surface area contributed by atoms with E-state index < -0.39 is 35.6 Å². The lowest BCUT2D eigenvalue weighted by Gasteiger charge is -2.11. The zero-order chi connectivity index (χ0) is 18.4. The van der Waals surface area contributed by atoms with Crippen molar-refractivity contribution in [3.05, 3.63) is 65.2 Å². The molecule has 0 aromatic heterocycles. The van der Waals surface area contributed by atoms with Crippen molar-refractivity contribution < 1.29 is 27.8 Å². The number of Topliss-reactive ketones (excluding diaryl/α,β-unsaturated/α-hetero) is 1. The molecular weight excluding hydrogens is 330 g/mol. The van der Waals surface area contributed by atoms with E-state index in [0.29, 0.717) is 11.3 Å². The van der Waals surface area contributed by atoms with Gasteiger partial charge in [-0.2, -0.15) is 0 Å². The molecule has 0 N–H and O–H groups in total. The molecule has 0 bridgehead atoms. The Labute approximate surface area is 144 Å². The summed E-state index contributed by atoms with van der Waals surface area (Å²) in [5.74, 6) is -2.42. The normalized spacial score (nSPS) is 10.6. The summed E-state index contributed by atoms with van der Waals surface area (Å²) in [6, 6.07) is 9.48. The van der Waals surface area contributed by atoms with Gasteiger partial charge in [-0.1, -0.05) is 12.1 Å². The number of halogens is 2. The SMILES string of the molecule is CC(C)Oc1cccc(CC(=O)OCC(=O)c2cc(F)ccc2F)c1. The molecule has 0 spiro atoms. The van der Waals surface area contributed by atoms with Crippen molar-refractivity contribution >= 4 is 11.8 Å². The first-order chi connectivity index (χ1) is 11.8. The van der Waals surface area contributed by atoms with Crippen molar-refractivity contribution in [2.75, 3.05) is 6.61 Å². The zero-order valence-corrected chi connectivity index (χ0v) is 13.9. The Kier molecular flexibility index (Phi) is 6.22. The number of ether oxygens (including phenoxy) is 2. The second-order valence-corrected chi connectivity index (χ2v) is 5.70. The predicted octanol–water partition coefficient (Wildman–Crippen LogP) is 3.72. The van der Waals surface area contributed by atoms with E-state index >= 15 is 0 Å². The van der Waals surface area contributed by atoms with Gasteiger partial charge in [-0.15, -0.1) is 0 Å². The van der Waals surface area contributed by atoms with Crippen LogP contribution in [-0.2, 0) is 16.0 Å². The molecule has 0 radical (unpaired) electrons. The van der Waals surface area contributed by atoms with E-state index in [-0.39, 0.29) is 12.5 Å². The highest BCUT2D eigenvalue weighted by Crippen LogP contribution is 2.16. The molecule has 2 rings (SSSR count). The highest BCUT2D eigenvalue weighted by atomic mass is 19.1. The van der Waals surface area contributed by atoms with Crippen LogP contribution in [0.1, 0.15) is 29.8 Å². The quantitative estimate of drug-likeness (QED) is 0.565. The number of ketones is 1. The van der Waals surface area contributed by atoms with Crippen LogP contribution in [0.15, 0.2) is 42.5 Å². The summed E-state index contributed by atoms with van der Waals surface area (Å²) in [5, 5.41) is 0. The van der Waals surface area contributed by atoms with Crippen molar-refractivity contribution in [2.24, 2.45) is 0 Å². The topological polar surface area (TPSA) is 52.6 Å². The monoisotopic (exact) mass is 348 g/mol. The third-order valence-corrected chi connectivity index (χ3v) is 3.21. The fourth-order valence-electron chi connectivity index (χ4n) is 2.15. The lowest BCUT2D eigenvalue weighted by molar-refractivity contribution is -0.141. The van der Waals surface area contributed by atoms with Gasteiger partial charge in [-0.3, -0.25) is 9.59 Å². The molecule has 4 nitrogen and oxygen atoms in total. The van der Waals surface area contributed by atoms with Gasteiger partial charge in [0, 0.05) is 0 Å². The molecule has 0 atom stereocenters. The Morgan fingerprint density at radius 2 is 1.84 bits per heavy atom. The van der Waals surface area contributed by atoms with Crippen LogP contribution in [0.4, 0.5) is 8.78 Å². The first-order valence-electron chi connectivity index (χ1n) is 7.74. The van der Waals surface area contributed by atoms with Crippen LogP contribution < -0.4 is 4.74 Å². The molecule has 132 valence electrons. The maximum Gasteiger partial charge on any atom is 0.310 e. The smallest absolute Gasteiger partial charge is 0.310 e. The molecule has 6 heteroatoms. The second kappa shape index (κ2) is 8.37. The van der Waals surface area contributed by atoms with Gasteiger partial charge >= 0.3 is 5.97 Å². The van der Waals surface area contributed by atoms with Crippen LogP contribution in [0.5, 0.6) is 5.75 Å². The van der Waals surface area contributed by atoms with Gasteiger partial charge in [0.25, 0.3) is 0 Å². The largest absolute Gasteiger partial charge is 0.491 e. The molecule has 0 saturated carbocycles. The average molecular weight is 348 g/mol. The standard InChI is InChI=1S/C19H18F2O4/c1-12(2)25-15-5-3-4-13(8-15)9-19(23)24-11-18(22)16-10-14(20)6-7-17(16)21/h3-8,10,12H,9,11H2,1-2H3. The van der Waals surface area contributed by atoms with Gasteiger partial charge in [0.2, 0.25) is 5.78 Å². The Hall–Kier alpha value is -2.76. The number of rotatable bonds is 7. The number of esters is 1. The number of carbonyl (C=O) groups is 2. The maximum atomic E-state index is 13.5. The molecule has 0 aliphatic rings. The van der Waals surface area contributed by atoms with E-state index in [0.717, 1.165) is 18.2 Å².